The van der Waals surface area contributed by atoms with E-state index in [4.69, 9.17) is 5.73 Å². The first-order valence-corrected chi connectivity index (χ1v) is 6.77. The van der Waals surface area contributed by atoms with Gasteiger partial charge in [-0.1, -0.05) is 6.92 Å². The first-order valence-electron chi connectivity index (χ1n) is 6.77. The Kier molecular flexibility index (Phi) is 5.40. The molecule has 3 N–H and O–H groups in total. The number of amides is 1. The second-order valence-electron chi connectivity index (χ2n) is 5.37. The SMILES string of the molecule is CCC(C)NC(=O)C(C)N1CCC(N)CC1C. The van der Waals surface area contributed by atoms with Gasteiger partial charge in [-0.2, -0.15) is 0 Å². The van der Waals surface area contributed by atoms with Gasteiger partial charge in [0.15, 0.2) is 0 Å². The van der Waals surface area contributed by atoms with Crippen molar-refractivity contribution in [2.75, 3.05) is 6.54 Å². The van der Waals surface area contributed by atoms with Crippen LogP contribution in [0.15, 0.2) is 0 Å². The summed E-state index contributed by atoms with van der Waals surface area (Å²) in [6, 6.07) is 0.904. The van der Waals surface area contributed by atoms with Gasteiger partial charge in [0, 0.05) is 24.7 Å². The van der Waals surface area contributed by atoms with Gasteiger partial charge >= 0.3 is 0 Å². The lowest BCUT2D eigenvalue weighted by Crippen LogP contribution is -2.55. The third kappa shape index (κ3) is 3.96. The maximum absolute atomic E-state index is 12.1. The van der Waals surface area contributed by atoms with Crippen LogP contribution in [0.2, 0.25) is 0 Å². The normalized spacial score (nSPS) is 29.7. The summed E-state index contributed by atoms with van der Waals surface area (Å²) >= 11 is 0. The highest BCUT2D eigenvalue weighted by atomic mass is 16.2. The Morgan fingerprint density at radius 1 is 1.53 bits per heavy atom. The van der Waals surface area contributed by atoms with Gasteiger partial charge in [-0.3, -0.25) is 9.69 Å². The van der Waals surface area contributed by atoms with Crippen LogP contribution in [0.1, 0.15) is 47.0 Å². The topological polar surface area (TPSA) is 58.4 Å². The van der Waals surface area contributed by atoms with Crippen molar-refractivity contribution >= 4 is 5.91 Å². The summed E-state index contributed by atoms with van der Waals surface area (Å²) in [7, 11) is 0. The molecule has 1 rings (SSSR count). The second-order valence-corrected chi connectivity index (χ2v) is 5.37. The van der Waals surface area contributed by atoms with E-state index in [-0.39, 0.29) is 18.0 Å². The Balaban J connectivity index is 2.51. The van der Waals surface area contributed by atoms with E-state index in [0.29, 0.717) is 12.1 Å². The van der Waals surface area contributed by atoms with Crippen molar-refractivity contribution in [1.82, 2.24) is 10.2 Å². The third-order valence-electron chi connectivity index (χ3n) is 3.85. The lowest BCUT2D eigenvalue weighted by atomic mass is 9.97. The number of likely N-dealkylation sites (tertiary alicyclic amines) is 1. The van der Waals surface area contributed by atoms with E-state index < -0.39 is 0 Å². The first kappa shape index (κ1) is 14.5. The van der Waals surface area contributed by atoms with Gasteiger partial charge in [-0.25, -0.2) is 0 Å². The fourth-order valence-electron chi connectivity index (χ4n) is 2.42. The standard InChI is InChI=1S/C13H27N3O/c1-5-9(2)15-13(17)11(4)16-7-6-12(14)8-10(16)3/h9-12H,5-8,14H2,1-4H3,(H,15,17). The van der Waals surface area contributed by atoms with E-state index in [2.05, 4.69) is 24.1 Å². The van der Waals surface area contributed by atoms with Crippen molar-refractivity contribution in [3.63, 3.8) is 0 Å². The molecule has 0 aromatic rings. The molecule has 1 saturated heterocycles. The van der Waals surface area contributed by atoms with Crippen LogP contribution in [0.5, 0.6) is 0 Å². The molecule has 1 heterocycles. The smallest absolute Gasteiger partial charge is 0.237 e. The summed E-state index contributed by atoms with van der Waals surface area (Å²) in [6.07, 6.45) is 2.95. The number of carbonyl (C=O) groups is 1. The molecular formula is C13H27N3O. The summed E-state index contributed by atoms with van der Waals surface area (Å²) < 4.78 is 0. The van der Waals surface area contributed by atoms with Gasteiger partial charge in [0.05, 0.1) is 6.04 Å². The number of hydrogen-bond acceptors (Lipinski definition) is 3. The average molecular weight is 241 g/mol. The van der Waals surface area contributed by atoms with Gasteiger partial charge in [0.25, 0.3) is 0 Å². The maximum atomic E-state index is 12.1. The summed E-state index contributed by atoms with van der Waals surface area (Å²) in [6.45, 7) is 9.20. The van der Waals surface area contributed by atoms with Gasteiger partial charge in [0.2, 0.25) is 5.91 Å². The highest BCUT2D eigenvalue weighted by molar-refractivity contribution is 5.81. The minimum atomic E-state index is -0.0495. The second kappa shape index (κ2) is 6.36. The van der Waals surface area contributed by atoms with Crippen molar-refractivity contribution in [1.29, 1.82) is 0 Å². The zero-order chi connectivity index (χ0) is 13.0. The Morgan fingerprint density at radius 3 is 2.71 bits per heavy atom. The summed E-state index contributed by atoms with van der Waals surface area (Å²) in [4.78, 5) is 14.3. The molecule has 4 nitrogen and oxygen atoms in total. The van der Waals surface area contributed by atoms with Crippen LogP contribution in [-0.2, 0) is 4.79 Å². The summed E-state index contributed by atoms with van der Waals surface area (Å²) in [5, 5.41) is 3.05. The zero-order valence-electron chi connectivity index (χ0n) is 11.6. The Morgan fingerprint density at radius 2 is 2.18 bits per heavy atom. The van der Waals surface area contributed by atoms with Crippen LogP contribution in [0.3, 0.4) is 0 Å². The highest BCUT2D eigenvalue weighted by Gasteiger charge is 2.30. The molecular weight excluding hydrogens is 214 g/mol. The first-order chi connectivity index (χ1) is 7.95. The molecule has 4 unspecified atom stereocenters. The largest absolute Gasteiger partial charge is 0.352 e. The molecule has 1 amide bonds. The van der Waals surface area contributed by atoms with E-state index in [1.807, 2.05) is 13.8 Å². The number of piperidine rings is 1. The lowest BCUT2D eigenvalue weighted by Gasteiger charge is -2.39. The fourth-order valence-corrected chi connectivity index (χ4v) is 2.42. The van der Waals surface area contributed by atoms with Crippen molar-refractivity contribution < 1.29 is 4.79 Å². The van der Waals surface area contributed by atoms with Crippen LogP contribution in [0, 0.1) is 0 Å². The number of nitrogens with two attached hydrogens (primary N) is 1. The summed E-state index contributed by atoms with van der Waals surface area (Å²) in [5.41, 5.74) is 5.94. The molecule has 0 aromatic heterocycles. The van der Waals surface area contributed by atoms with E-state index in [1.54, 1.807) is 0 Å². The molecule has 1 aliphatic rings. The Hall–Kier alpha value is -0.610. The predicted octanol–water partition coefficient (Wildman–Crippen LogP) is 1.10. The van der Waals surface area contributed by atoms with E-state index in [1.165, 1.54) is 0 Å². The quantitative estimate of drug-likeness (QED) is 0.775. The van der Waals surface area contributed by atoms with Crippen molar-refractivity contribution in [2.45, 2.75) is 71.1 Å². The van der Waals surface area contributed by atoms with Crippen LogP contribution in [0.4, 0.5) is 0 Å². The van der Waals surface area contributed by atoms with Gasteiger partial charge in [-0.05, 0) is 40.0 Å². The molecule has 1 aliphatic heterocycles. The molecule has 0 radical (unpaired) electrons. The van der Waals surface area contributed by atoms with E-state index in [0.717, 1.165) is 25.8 Å². The number of carbonyl (C=O) groups excluding carboxylic acids is 1. The molecule has 0 saturated carbocycles. The van der Waals surface area contributed by atoms with Crippen LogP contribution in [-0.4, -0.2) is 41.5 Å². The van der Waals surface area contributed by atoms with Crippen molar-refractivity contribution in [3.8, 4) is 0 Å². The molecule has 0 spiro atoms. The van der Waals surface area contributed by atoms with Crippen LogP contribution < -0.4 is 11.1 Å². The molecule has 4 heteroatoms. The molecule has 100 valence electrons. The lowest BCUT2D eigenvalue weighted by molar-refractivity contribution is -0.128. The van der Waals surface area contributed by atoms with Crippen LogP contribution in [0.25, 0.3) is 0 Å². The Bertz CT molecular complexity index is 257. The maximum Gasteiger partial charge on any atom is 0.237 e. The van der Waals surface area contributed by atoms with Crippen molar-refractivity contribution in [3.05, 3.63) is 0 Å². The zero-order valence-corrected chi connectivity index (χ0v) is 11.6. The van der Waals surface area contributed by atoms with E-state index >= 15 is 0 Å². The van der Waals surface area contributed by atoms with Crippen LogP contribution >= 0.6 is 0 Å². The molecule has 0 aromatic carbocycles. The monoisotopic (exact) mass is 241 g/mol. The average Bonchev–Trinajstić information content (AvgIpc) is 2.28. The van der Waals surface area contributed by atoms with E-state index in [9.17, 15) is 4.79 Å². The molecule has 0 aliphatic carbocycles. The Labute approximate surface area is 105 Å². The number of rotatable bonds is 4. The molecule has 17 heavy (non-hydrogen) atoms. The number of nitrogens with one attached hydrogen (secondary N) is 1. The molecule has 4 atom stereocenters. The summed E-state index contributed by atoms with van der Waals surface area (Å²) in [5.74, 6) is 0.140. The third-order valence-corrected chi connectivity index (χ3v) is 3.85. The molecule has 1 fully saturated rings. The predicted molar refractivity (Wildman–Crippen MR) is 70.7 cm³/mol. The fraction of sp³-hybridized carbons (Fsp3) is 0.923. The number of hydrogen-bond donors (Lipinski definition) is 2. The van der Waals surface area contributed by atoms with Gasteiger partial charge in [0.1, 0.15) is 0 Å². The van der Waals surface area contributed by atoms with Crippen molar-refractivity contribution in [2.24, 2.45) is 5.73 Å². The molecule has 0 bridgehead atoms. The minimum absolute atomic E-state index is 0.0495. The van der Waals surface area contributed by atoms with Gasteiger partial charge < -0.3 is 11.1 Å². The highest BCUT2D eigenvalue weighted by Crippen LogP contribution is 2.18. The number of nitrogens with zero attached hydrogens (tertiary/aromatic N) is 1. The minimum Gasteiger partial charge on any atom is -0.352 e. The van der Waals surface area contributed by atoms with Gasteiger partial charge in [-0.15, -0.1) is 0 Å².